The van der Waals surface area contributed by atoms with E-state index >= 15 is 0 Å². The summed E-state index contributed by atoms with van der Waals surface area (Å²) in [4.78, 5) is 10.8. The quantitative estimate of drug-likeness (QED) is 0.588. The molecule has 3 nitrogen and oxygen atoms in total. The molecule has 1 aliphatic heterocycles. The van der Waals surface area contributed by atoms with Crippen LogP contribution in [0.1, 0.15) is 19.3 Å². The van der Waals surface area contributed by atoms with Gasteiger partial charge in [-0.05, 0) is 12.2 Å². The Morgan fingerprint density at radius 1 is 1.33 bits per heavy atom. The Kier molecular flexibility index (Phi) is 3.71. The van der Waals surface area contributed by atoms with E-state index < -0.39 is 5.79 Å². The summed E-state index contributed by atoms with van der Waals surface area (Å²) in [6.45, 7) is 1.34. The average Bonchev–Trinajstić information content (AvgIpc) is 2.45. The second-order valence-corrected chi connectivity index (χ2v) is 2.98. The zero-order valence-electron chi connectivity index (χ0n) is 6.91. The number of ketones is 1. The average molecular weight is 244 g/mol. The van der Waals surface area contributed by atoms with Crippen LogP contribution in [0.4, 0.5) is 0 Å². The monoisotopic (exact) mass is 244 g/mol. The number of Topliss-reactive ketones (excluding diaryl/α,β-unsaturated/α-hetero) is 1. The predicted octanol–water partition coefficient (Wildman–Crippen LogP) is 0.684. The van der Waals surface area contributed by atoms with Crippen molar-refractivity contribution >= 4 is 5.78 Å². The molecule has 0 atom stereocenters. The molecule has 0 bridgehead atoms. The van der Waals surface area contributed by atoms with Crippen molar-refractivity contribution in [1.29, 1.82) is 0 Å². The molecule has 1 saturated carbocycles. The van der Waals surface area contributed by atoms with E-state index in [2.05, 4.69) is 0 Å². The summed E-state index contributed by atoms with van der Waals surface area (Å²) in [5.74, 6) is -0.205. The molecule has 1 radical (unpaired) electrons. The van der Waals surface area contributed by atoms with Gasteiger partial charge in [-0.1, -0.05) is 0 Å². The Bertz CT molecular complexity index is 163. The molecule has 2 fully saturated rings. The molecule has 2 rings (SSSR count). The molecule has 0 aromatic rings. The van der Waals surface area contributed by atoms with Crippen LogP contribution in [-0.2, 0) is 47.0 Å². The van der Waals surface area contributed by atoms with Crippen molar-refractivity contribution in [2.45, 2.75) is 25.0 Å². The Labute approximate surface area is 97.1 Å². The minimum absolute atomic E-state index is 0. The van der Waals surface area contributed by atoms with E-state index in [1.165, 1.54) is 0 Å². The van der Waals surface area contributed by atoms with Crippen molar-refractivity contribution in [2.24, 2.45) is 0 Å². The number of carbonyl (C=O) groups excluding carboxylic acids is 1. The molecular weight excluding hydrogens is 233 g/mol. The van der Waals surface area contributed by atoms with E-state index in [9.17, 15) is 4.79 Å². The molecule has 0 unspecified atom stereocenters. The minimum atomic E-state index is -0.423. The molecule has 0 aromatic carbocycles. The summed E-state index contributed by atoms with van der Waals surface area (Å²) in [5, 5.41) is 0. The van der Waals surface area contributed by atoms with Crippen LogP contribution in [0.2, 0.25) is 0 Å². The molecule has 4 heteroatoms. The maximum Gasteiger partial charge on any atom is 0.144 e. The van der Waals surface area contributed by atoms with E-state index in [0.717, 1.165) is 6.42 Å². The Balaban J connectivity index is 0.000000720. The van der Waals surface area contributed by atoms with Gasteiger partial charge in [0.15, 0.2) is 0 Å². The molecule has 0 amide bonds. The van der Waals surface area contributed by atoms with Crippen LogP contribution in [0.5, 0.6) is 0 Å². The van der Waals surface area contributed by atoms with Crippen molar-refractivity contribution in [3.63, 3.8) is 0 Å². The van der Waals surface area contributed by atoms with Crippen LogP contribution >= 0.6 is 0 Å². The van der Waals surface area contributed by atoms with E-state index in [4.69, 9.17) is 9.47 Å². The van der Waals surface area contributed by atoms with E-state index in [-0.39, 0.29) is 38.5 Å². The number of rotatable bonds is 0. The first-order valence-electron chi connectivity index (χ1n) is 3.95. The molecule has 12 heavy (non-hydrogen) atoms. The first kappa shape index (κ1) is 10.6. The molecule has 1 saturated heterocycles. The van der Waals surface area contributed by atoms with Gasteiger partial charge in [0.05, 0.1) is 13.2 Å². The third-order valence-corrected chi connectivity index (χ3v) is 2.21. The van der Waals surface area contributed by atoms with Crippen molar-refractivity contribution < 1.29 is 47.0 Å². The van der Waals surface area contributed by atoms with E-state index in [1.807, 2.05) is 0 Å². The molecule has 0 aromatic heterocycles. The molecular formula is C8H11O3Y-. The topological polar surface area (TPSA) is 35.5 Å². The first-order chi connectivity index (χ1) is 5.31. The largest absolute Gasteiger partial charge is 0.350 e. The summed E-state index contributed by atoms with van der Waals surface area (Å²) < 4.78 is 10.8. The predicted molar refractivity (Wildman–Crippen MR) is 37.8 cm³/mol. The zero-order chi connectivity index (χ0) is 7.73. The van der Waals surface area contributed by atoms with Gasteiger partial charge in [0.25, 0.3) is 0 Å². The number of hydrogen-bond acceptors (Lipinski definition) is 3. The third-order valence-electron chi connectivity index (χ3n) is 2.21. The van der Waals surface area contributed by atoms with E-state index in [1.54, 1.807) is 6.42 Å². The van der Waals surface area contributed by atoms with Crippen molar-refractivity contribution in [3.8, 4) is 0 Å². The standard InChI is InChI=1S/C8H11O3.Y/c9-7-1-3-8(4-2-7)10-5-6-11-8;/h1H,2-6H2;/q-1;. The van der Waals surface area contributed by atoms with Gasteiger partial charge in [-0.2, -0.15) is 0 Å². The third kappa shape index (κ3) is 2.08. The minimum Gasteiger partial charge on any atom is -0.350 e. The fourth-order valence-corrected chi connectivity index (χ4v) is 1.55. The normalized spacial score (nSPS) is 26.5. The Morgan fingerprint density at radius 2 is 2.00 bits per heavy atom. The fraction of sp³-hybridized carbons (Fsp3) is 0.750. The van der Waals surface area contributed by atoms with Crippen LogP contribution in [0, 0.1) is 6.42 Å². The van der Waals surface area contributed by atoms with Crippen LogP contribution in [0.3, 0.4) is 0 Å². The second-order valence-electron chi connectivity index (χ2n) is 2.98. The second kappa shape index (κ2) is 4.18. The summed E-state index contributed by atoms with van der Waals surface area (Å²) in [7, 11) is 0. The van der Waals surface area contributed by atoms with Gasteiger partial charge in [-0.15, -0.1) is 6.42 Å². The van der Waals surface area contributed by atoms with Crippen LogP contribution < -0.4 is 0 Å². The van der Waals surface area contributed by atoms with Gasteiger partial charge in [0.1, 0.15) is 5.79 Å². The maximum atomic E-state index is 10.8. The Morgan fingerprint density at radius 3 is 2.50 bits per heavy atom. The number of ether oxygens (including phenoxy) is 2. The maximum absolute atomic E-state index is 10.8. The Hall–Kier alpha value is 0.564. The summed E-state index contributed by atoms with van der Waals surface area (Å²) >= 11 is 0. The number of carbonyl (C=O) groups is 1. The summed E-state index contributed by atoms with van der Waals surface area (Å²) in [5.41, 5.74) is 0. The van der Waals surface area contributed by atoms with Gasteiger partial charge in [-0.3, -0.25) is 0 Å². The molecule has 0 N–H and O–H groups in total. The van der Waals surface area contributed by atoms with Crippen molar-refractivity contribution in [2.75, 3.05) is 13.2 Å². The van der Waals surface area contributed by atoms with Gasteiger partial charge in [0, 0.05) is 39.1 Å². The van der Waals surface area contributed by atoms with Gasteiger partial charge in [-0.25, -0.2) is 0 Å². The van der Waals surface area contributed by atoms with Gasteiger partial charge >= 0.3 is 0 Å². The summed E-state index contributed by atoms with van der Waals surface area (Å²) in [6.07, 6.45) is 3.60. The van der Waals surface area contributed by atoms with Crippen molar-refractivity contribution in [3.05, 3.63) is 6.42 Å². The van der Waals surface area contributed by atoms with Crippen molar-refractivity contribution in [1.82, 2.24) is 0 Å². The van der Waals surface area contributed by atoms with Gasteiger partial charge in [0.2, 0.25) is 0 Å². The van der Waals surface area contributed by atoms with Crippen LogP contribution in [-0.4, -0.2) is 24.8 Å². The first-order valence-corrected chi connectivity index (χ1v) is 3.95. The summed E-state index contributed by atoms with van der Waals surface area (Å²) in [6, 6.07) is 0. The molecule has 1 aliphatic carbocycles. The molecule has 1 heterocycles. The van der Waals surface area contributed by atoms with Crippen LogP contribution in [0.15, 0.2) is 0 Å². The van der Waals surface area contributed by atoms with E-state index in [0.29, 0.717) is 26.1 Å². The smallest absolute Gasteiger partial charge is 0.144 e. The van der Waals surface area contributed by atoms with Crippen LogP contribution in [0.25, 0.3) is 0 Å². The fourth-order valence-electron chi connectivity index (χ4n) is 1.55. The molecule has 65 valence electrons. The number of hydrogen-bond donors (Lipinski definition) is 0. The zero-order valence-corrected chi connectivity index (χ0v) is 9.75. The molecule has 1 spiro atoms. The SMILES string of the molecule is O=C1[CH-]CC2(CC1)OCCO2.[Y]. The molecule has 2 aliphatic rings. The van der Waals surface area contributed by atoms with Gasteiger partial charge < -0.3 is 20.7 Å².